The molecule has 2 rings (SSSR count). The van der Waals surface area contributed by atoms with Gasteiger partial charge >= 0.3 is 0 Å². The van der Waals surface area contributed by atoms with Crippen LogP contribution in [0.4, 0.5) is 5.69 Å². The zero-order valence-corrected chi connectivity index (χ0v) is 12.2. The molecule has 0 saturated heterocycles. The molecule has 19 heavy (non-hydrogen) atoms. The lowest BCUT2D eigenvalue weighted by atomic mass is 10.1. The molecule has 0 aliphatic rings. The minimum atomic E-state index is -0.0711. The number of hydrogen-bond donors (Lipinski definition) is 1. The molecule has 0 atom stereocenters. The van der Waals surface area contributed by atoms with Crippen molar-refractivity contribution in [3.63, 3.8) is 0 Å². The molecular weight excluding hydrogens is 302 g/mol. The van der Waals surface area contributed by atoms with E-state index >= 15 is 0 Å². The molecule has 0 heterocycles. The summed E-state index contributed by atoms with van der Waals surface area (Å²) in [6.07, 6.45) is 2.11. The molecule has 2 nitrogen and oxygen atoms in total. The van der Waals surface area contributed by atoms with Crippen LogP contribution in [0, 0.1) is 0 Å². The third-order valence-electron chi connectivity index (χ3n) is 2.82. The standard InChI is InChI=1S/C16H16BrNO/c17-11-5-7-13-6-4-10-15(12-13)18-16(19)14-8-2-1-3-9-14/h1-4,6,8-10,12H,5,7,11H2,(H,18,19). The van der Waals surface area contributed by atoms with Gasteiger partial charge in [0.2, 0.25) is 0 Å². The van der Waals surface area contributed by atoms with Crippen molar-refractivity contribution >= 4 is 27.5 Å². The van der Waals surface area contributed by atoms with Crippen molar-refractivity contribution < 1.29 is 4.79 Å². The van der Waals surface area contributed by atoms with Gasteiger partial charge in [0, 0.05) is 16.6 Å². The van der Waals surface area contributed by atoms with E-state index < -0.39 is 0 Å². The van der Waals surface area contributed by atoms with Gasteiger partial charge in [0.25, 0.3) is 5.91 Å². The van der Waals surface area contributed by atoms with Crippen LogP contribution in [0.1, 0.15) is 22.3 Å². The first-order valence-electron chi connectivity index (χ1n) is 6.31. The normalized spacial score (nSPS) is 10.2. The minimum absolute atomic E-state index is 0.0711. The van der Waals surface area contributed by atoms with Gasteiger partial charge in [-0.2, -0.15) is 0 Å². The van der Waals surface area contributed by atoms with Gasteiger partial charge in [-0.25, -0.2) is 0 Å². The van der Waals surface area contributed by atoms with Crippen molar-refractivity contribution in [2.24, 2.45) is 0 Å². The quantitative estimate of drug-likeness (QED) is 0.820. The molecule has 0 saturated carbocycles. The SMILES string of the molecule is O=C(Nc1cccc(CCCBr)c1)c1ccccc1. The summed E-state index contributed by atoms with van der Waals surface area (Å²) < 4.78 is 0. The number of amides is 1. The number of halogens is 1. The number of rotatable bonds is 5. The van der Waals surface area contributed by atoms with E-state index in [1.807, 2.05) is 48.5 Å². The van der Waals surface area contributed by atoms with E-state index in [0.717, 1.165) is 23.9 Å². The van der Waals surface area contributed by atoms with Gasteiger partial charge in [-0.05, 0) is 42.7 Å². The molecule has 0 aliphatic carbocycles. The average molecular weight is 318 g/mol. The molecule has 0 fully saturated rings. The van der Waals surface area contributed by atoms with E-state index in [0.29, 0.717) is 5.56 Å². The fourth-order valence-corrected chi connectivity index (χ4v) is 2.15. The molecule has 98 valence electrons. The Bertz CT molecular complexity index is 539. The van der Waals surface area contributed by atoms with E-state index in [1.165, 1.54) is 5.56 Å². The Morgan fingerprint density at radius 2 is 1.84 bits per heavy atom. The first kappa shape index (κ1) is 13.8. The van der Waals surface area contributed by atoms with Crippen molar-refractivity contribution in [1.29, 1.82) is 0 Å². The van der Waals surface area contributed by atoms with E-state index in [9.17, 15) is 4.79 Å². The predicted octanol–water partition coefficient (Wildman–Crippen LogP) is 4.27. The van der Waals surface area contributed by atoms with Crippen molar-refractivity contribution in [3.8, 4) is 0 Å². The maximum absolute atomic E-state index is 12.0. The predicted molar refractivity (Wildman–Crippen MR) is 83.0 cm³/mol. The highest BCUT2D eigenvalue weighted by molar-refractivity contribution is 9.09. The molecule has 0 unspecified atom stereocenters. The van der Waals surface area contributed by atoms with Gasteiger partial charge in [-0.3, -0.25) is 4.79 Å². The number of hydrogen-bond acceptors (Lipinski definition) is 1. The first-order valence-corrected chi connectivity index (χ1v) is 7.43. The van der Waals surface area contributed by atoms with Crippen molar-refractivity contribution in [2.75, 3.05) is 10.6 Å². The van der Waals surface area contributed by atoms with E-state index in [-0.39, 0.29) is 5.91 Å². The van der Waals surface area contributed by atoms with E-state index in [1.54, 1.807) is 0 Å². The highest BCUT2D eigenvalue weighted by Crippen LogP contribution is 2.14. The summed E-state index contributed by atoms with van der Waals surface area (Å²) in [4.78, 5) is 12.0. The Morgan fingerprint density at radius 1 is 1.05 bits per heavy atom. The molecule has 2 aromatic rings. The largest absolute Gasteiger partial charge is 0.322 e. The van der Waals surface area contributed by atoms with Crippen molar-refractivity contribution in [2.45, 2.75) is 12.8 Å². The fraction of sp³-hybridized carbons (Fsp3) is 0.188. The highest BCUT2D eigenvalue weighted by Gasteiger charge is 2.05. The molecule has 0 radical (unpaired) electrons. The average Bonchev–Trinajstić information content (AvgIpc) is 2.46. The summed E-state index contributed by atoms with van der Waals surface area (Å²) in [7, 11) is 0. The Kier molecular flexibility index (Phi) is 5.16. The Morgan fingerprint density at radius 3 is 2.58 bits per heavy atom. The molecule has 2 aromatic carbocycles. The van der Waals surface area contributed by atoms with Crippen LogP contribution in [0.15, 0.2) is 54.6 Å². The molecule has 0 spiro atoms. The zero-order chi connectivity index (χ0) is 13.5. The number of nitrogens with one attached hydrogen (secondary N) is 1. The fourth-order valence-electron chi connectivity index (χ4n) is 1.87. The second-order valence-electron chi connectivity index (χ2n) is 4.31. The molecule has 0 bridgehead atoms. The maximum Gasteiger partial charge on any atom is 0.255 e. The lowest BCUT2D eigenvalue weighted by Gasteiger charge is -2.07. The third kappa shape index (κ3) is 4.21. The number of carbonyl (C=O) groups is 1. The zero-order valence-electron chi connectivity index (χ0n) is 10.6. The monoisotopic (exact) mass is 317 g/mol. The molecular formula is C16H16BrNO. The van der Waals surface area contributed by atoms with E-state index in [2.05, 4.69) is 27.3 Å². The summed E-state index contributed by atoms with van der Waals surface area (Å²) in [5.74, 6) is -0.0711. The van der Waals surface area contributed by atoms with Gasteiger partial charge < -0.3 is 5.32 Å². The summed E-state index contributed by atoms with van der Waals surface area (Å²) in [5.41, 5.74) is 2.76. The van der Waals surface area contributed by atoms with Crippen LogP contribution in [-0.4, -0.2) is 11.2 Å². The smallest absolute Gasteiger partial charge is 0.255 e. The Labute approximate surface area is 122 Å². The van der Waals surface area contributed by atoms with Crippen LogP contribution in [0.25, 0.3) is 0 Å². The van der Waals surface area contributed by atoms with Crippen LogP contribution in [-0.2, 0) is 6.42 Å². The topological polar surface area (TPSA) is 29.1 Å². The van der Waals surface area contributed by atoms with Gasteiger partial charge in [0.05, 0.1) is 0 Å². The van der Waals surface area contributed by atoms with Gasteiger partial charge in [0.1, 0.15) is 0 Å². The second-order valence-corrected chi connectivity index (χ2v) is 5.11. The maximum atomic E-state index is 12.0. The first-order chi connectivity index (χ1) is 9.29. The Hall–Kier alpha value is -1.61. The van der Waals surface area contributed by atoms with Gasteiger partial charge in [-0.1, -0.05) is 46.3 Å². The molecule has 1 N–H and O–H groups in total. The van der Waals surface area contributed by atoms with Crippen molar-refractivity contribution in [3.05, 3.63) is 65.7 Å². The van der Waals surface area contributed by atoms with Crippen LogP contribution >= 0.6 is 15.9 Å². The minimum Gasteiger partial charge on any atom is -0.322 e. The van der Waals surface area contributed by atoms with Gasteiger partial charge in [-0.15, -0.1) is 0 Å². The van der Waals surface area contributed by atoms with Crippen LogP contribution in [0.3, 0.4) is 0 Å². The van der Waals surface area contributed by atoms with Crippen LogP contribution in [0.2, 0.25) is 0 Å². The lowest BCUT2D eigenvalue weighted by molar-refractivity contribution is 0.102. The molecule has 3 heteroatoms. The second kappa shape index (κ2) is 7.10. The third-order valence-corrected chi connectivity index (χ3v) is 3.38. The number of alkyl halides is 1. The number of benzene rings is 2. The number of carbonyl (C=O) groups excluding carboxylic acids is 1. The lowest BCUT2D eigenvalue weighted by Crippen LogP contribution is -2.11. The van der Waals surface area contributed by atoms with E-state index in [4.69, 9.17) is 0 Å². The molecule has 1 amide bonds. The Balaban J connectivity index is 2.05. The van der Waals surface area contributed by atoms with Crippen LogP contribution < -0.4 is 5.32 Å². The molecule has 0 aromatic heterocycles. The number of anilines is 1. The molecule has 0 aliphatic heterocycles. The summed E-state index contributed by atoms with van der Waals surface area (Å²) in [6.45, 7) is 0. The number of aryl methyl sites for hydroxylation is 1. The summed E-state index contributed by atoms with van der Waals surface area (Å²) >= 11 is 3.43. The highest BCUT2D eigenvalue weighted by atomic mass is 79.9. The van der Waals surface area contributed by atoms with Crippen LogP contribution in [0.5, 0.6) is 0 Å². The summed E-state index contributed by atoms with van der Waals surface area (Å²) in [6, 6.07) is 17.3. The van der Waals surface area contributed by atoms with Crippen molar-refractivity contribution in [1.82, 2.24) is 0 Å². The summed E-state index contributed by atoms with van der Waals surface area (Å²) in [5, 5.41) is 3.92. The van der Waals surface area contributed by atoms with Gasteiger partial charge in [0.15, 0.2) is 0 Å².